The number of thiocarbonyl (C=S) groups is 1. The van der Waals surface area contributed by atoms with Gasteiger partial charge in [0.2, 0.25) is 0 Å². The van der Waals surface area contributed by atoms with Crippen LogP contribution in [0.15, 0.2) is 76.1 Å². The van der Waals surface area contributed by atoms with Crippen molar-refractivity contribution in [1.29, 1.82) is 0 Å². The highest BCUT2D eigenvalue weighted by Gasteiger charge is 2.42. The highest BCUT2D eigenvalue weighted by molar-refractivity contribution is 9.10. The van der Waals surface area contributed by atoms with E-state index in [1.165, 1.54) is 17.6 Å². The van der Waals surface area contributed by atoms with E-state index >= 15 is 0 Å². The molecule has 1 atom stereocenters. The van der Waals surface area contributed by atoms with Crippen LogP contribution in [-0.4, -0.2) is 34.8 Å². The predicted octanol–water partition coefficient (Wildman–Crippen LogP) is 7.84. The number of rotatable bonds is 9. The van der Waals surface area contributed by atoms with Gasteiger partial charge in [-0.05, 0) is 68.7 Å². The molecule has 0 radical (unpaired) electrons. The number of thioether (sulfide) groups is 1. The highest BCUT2D eigenvalue weighted by atomic mass is 79.9. The van der Waals surface area contributed by atoms with Gasteiger partial charge in [0.25, 0.3) is 5.91 Å². The molecule has 1 aliphatic heterocycles. The van der Waals surface area contributed by atoms with E-state index in [1.807, 2.05) is 25.1 Å². The second-order valence-corrected chi connectivity index (χ2v) is 12.9. The standard InChI is InChI=1S/C32H32BrNO5S2/c1-6-38-25-17-21(16-24(33)28(25)39-19-20-12-14-23(15-13-20)32(2,3)4)18-26-29(35)34(31(40)41-26)27(30(36)37-5)22-10-8-7-9-11-22/h7-18,27H,6,19H2,1-5H3/b26-18+. The van der Waals surface area contributed by atoms with Crippen molar-refractivity contribution < 1.29 is 23.8 Å². The Bertz CT molecular complexity index is 1470. The van der Waals surface area contributed by atoms with Gasteiger partial charge in [0, 0.05) is 0 Å². The Labute approximate surface area is 259 Å². The molecule has 0 bridgehead atoms. The summed E-state index contributed by atoms with van der Waals surface area (Å²) in [4.78, 5) is 28.0. The van der Waals surface area contributed by atoms with E-state index in [-0.39, 0.29) is 15.6 Å². The number of hydrogen-bond acceptors (Lipinski definition) is 7. The zero-order valence-electron chi connectivity index (χ0n) is 23.6. The van der Waals surface area contributed by atoms with Crippen molar-refractivity contribution in [3.05, 3.63) is 98.4 Å². The lowest BCUT2D eigenvalue weighted by Gasteiger charge is -2.24. The summed E-state index contributed by atoms with van der Waals surface area (Å²) >= 11 is 10.3. The molecular weight excluding hydrogens is 622 g/mol. The molecule has 0 aliphatic carbocycles. The van der Waals surface area contributed by atoms with E-state index in [9.17, 15) is 9.59 Å². The van der Waals surface area contributed by atoms with Gasteiger partial charge in [-0.15, -0.1) is 0 Å². The lowest BCUT2D eigenvalue weighted by Crippen LogP contribution is -2.37. The van der Waals surface area contributed by atoms with Crippen LogP contribution in [0.1, 0.15) is 56.0 Å². The number of benzene rings is 3. The number of esters is 1. The molecule has 1 saturated heterocycles. The number of amides is 1. The van der Waals surface area contributed by atoms with E-state index < -0.39 is 12.0 Å². The van der Waals surface area contributed by atoms with Crippen LogP contribution < -0.4 is 9.47 Å². The summed E-state index contributed by atoms with van der Waals surface area (Å²) in [5.74, 6) is 0.190. The summed E-state index contributed by atoms with van der Waals surface area (Å²) in [6.07, 6.45) is 1.74. The quantitative estimate of drug-likeness (QED) is 0.132. The van der Waals surface area contributed by atoms with Gasteiger partial charge in [0.1, 0.15) is 10.9 Å². The molecule has 0 spiro atoms. The van der Waals surface area contributed by atoms with Gasteiger partial charge in [0.05, 0.1) is 23.1 Å². The SMILES string of the molecule is CCOc1cc(/C=C2/SC(=S)N(C(C(=O)OC)c3ccccc3)C2=O)cc(Br)c1OCc1ccc(C(C)(C)C)cc1. The van der Waals surface area contributed by atoms with Crippen molar-refractivity contribution in [3.63, 3.8) is 0 Å². The molecule has 1 unspecified atom stereocenters. The van der Waals surface area contributed by atoms with Gasteiger partial charge >= 0.3 is 5.97 Å². The van der Waals surface area contributed by atoms with Gasteiger partial charge in [-0.2, -0.15) is 0 Å². The van der Waals surface area contributed by atoms with Crippen LogP contribution in [0.3, 0.4) is 0 Å². The van der Waals surface area contributed by atoms with Crippen molar-refractivity contribution in [3.8, 4) is 11.5 Å². The van der Waals surface area contributed by atoms with E-state index in [4.69, 9.17) is 26.4 Å². The van der Waals surface area contributed by atoms with E-state index in [2.05, 4.69) is 61.0 Å². The van der Waals surface area contributed by atoms with Gasteiger partial charge < -0.3 is 14.2 Å². The normalized spacial score (nSPS) is 15.3. The second kappa shape index (κ2) is 13.2. The van der Waals surface area contributed by atoms with Crippen molar-refractivity contribution in [2.75, 3.05) is 13.7 Å². The molecule has 0 N–H and O–H groups in total. The molecule has 1 heterocycles. The number of halogens is 1. The summed E-state index contributed by atoms with van der Waals surface area (Å²) in [6.45, 7) is 9.26. The van der Waals surface area contributed by atoms with Gasteiger partial charge in [-0.25, -0.2) is 4.79 Å². The molecule has 0 saturated carbocycles. The number of ether oxygens (including phenoxy) is 3. The summed E-state index contributed by atoms with van der Waals surface area (Å²) in [5.41, 5.74) is 3.72. The van der Waals surface area contributed by atoms with Crippen molar-refractivity contribution in [2.24, 2.45) is 0 Å². The Balaban J connectivity index is 1.59. The maximum Gasteiger partial charge on any atom is 0.333 e. The predicted molar refractivity (Wildman–Crippen MR) is 171 cm³/mol. The zero-order valence-corrected chi connectivity index (χ0v) is 26.8. The van der Waals surface area contributed by atoms with Crippen LogP contribution in [0.4, 0.5) is 0 Å². The topological polar surface area (TPSA) is 65.1 Å². The Morgan fingerprint density at radius 3 is 2.37 bits per heavy atom. The van der Waals surface area contributed by atoms with E-state index in [0.29, 0.717) is 39.7 Å². The van der Waals surface area contributed by atoms with Crippen molar-refractivity contribution in [1.82, 2.24) is 4.90 Å². The monoisotopic (exact) mass is 653 g/mol. The largest absolute Gasteiger partial charge is 0.490 e. The molecule has 6 nitrogen and oxygen atoms in total. The molecule has 9 heteroatoms. The van der Waals surface area contributed by atoms with Crippen LogP contribution in [-0.2, 0) is 26.3 Å². The molecule has 1 aliphatic rings. The molecule has 3 aromatic rings. The van der Waals surface area contributed by atoms with E-state index in [0.717, 1.165) is 22.9 Å². The molecule has 1 fully saturated rings. The number of hydrogen-bond donors (Lipinski definition) is 0. The molecule has 41 heavy (non-hydrogen) atoms. The number of carbonyl (C=O) groups is 2. The Morgan fingerprint density at radius 2 is 1.76 bits per heavy atom. The summed E-state index contributed by atoms with van der Waals surface area (Å²) in [6, 6.07) is 20.1. The lowest BCUT2D eigenvalue weighted by molar-refractivity contribution is -0.148. The first-order valence-corrected chi connectivity index (χ1v) is 15.1. The second-order valence-electron chi connectivity index (χ2n) is 10.4. The van der Waals surface area contributed by atoms with Crippen LogP contribution >= 0.6 is 39.9 Å². The maximum atomic E-state index is 13.5. The van der Waals surface area contributed by atoms with E-state index in [1.54, 1.807) is 30.3 Å². The number of methoxy groups -OCH3 is 1. The summed E-state index contributed by atoms with van der Waals surface area (Å²) < 4.78 is 18.1. The molecule has 4 rings (SSSR count). The molecule has 3 aromatic carbocycles. The fourth-order valence-corrected chi connectivity index (χ4v) is 6.21. The minimum atomic E-state index is -0.974. The first-order valence-electron chi connectivity index (χ1n) is 13.1. The number of nitrogens with zero attached hydrogens (tertiary/aromatic N) is 1. The molecular formula is C32H32BrNO5S2. The lowest BCUT2D eigenvalue weighted by atomic mass is 9.87. The minimum Gasteiger partial charge on any atom is -0.490 e. The summed E-state index contributed by atoms with van der Waals surface area (Å²) in [5, 5.41) is 0. The minimum absolute atomic E-state index is 0.0798. The van der Waals surface area contributed by atoms with Crippen molar-refractivity contribution in [2.45, 2.75) is 45.8 Å². The van der Waals surface area contributed by atoms with Crippen LogP contribution in [0.2, 0.25) is 0 Å². The van der Waals surface area contributed by atoms with Gasteiger partial charge in [-0.1, -0.05) is 99.3 Å². The van der Waals surface area contributed by atoms with Crippen molar-refractivity contribution >= 4 is 62.2 Å². The van der Waals surface area contributed by atoms with Crippen LogP contribution in [0.5, 0.6) is 11.5 Å². The number of carbonyl (C=O) groups excluding carboxylic acids is 2. The van der Waals surface area contributed by atoms with Crippen LogP contribution in [0.25, 0.3) is 6.08 Å². The average molecular weight is 655 g/mol. The third kappa shape index (κ3) is 7.20. The first kappa shape index (κ1) is 30.8. The zero-order chi connectivity index (χ0) is 29.7. The maximum absolute atomic E-state index is 13.5. The first-order chi connectivity index (χ1) is 19.5. The van der Waals surface area contributed by atoms with Gasteiger partial charge in [0.15, 0.2) is 17.5 Å². The fourth-order valence-electron chi connectivity index (χ4n) is 4.32. The molecule has 0 aromatic heterocycles. The molecule has 214 valence electrons. The fraction of sp³-hybridized carbons (Fsp3) is 0.281. The molecule has 1 amide bonds. The third-order valence-electron chi connectivity index (χ3n) is 6.45. The summed E-state index contributed by atoms with van der Waals surface area (Å²) in [7, 11) is 1.29. The highest BCUT2D eigenvalue weighted by Crippen LogP contribution is 2.42. The Kier molecular flexibility index (Phi) is 9.94. The Hall–Kier alpha value is -3.14. The Morgan fingerprint density at radius 1 is 1.07 bits per heavy atom. The third-order valence-corrected chi connectivity index (χ3v) is 8.37. The van der Waals surface area contributed by atoms with Crippen LogP contribution in [0, 0.1) is 0 Å². The smallest absolute Gasteiger partial charge is 0.333 e. The van der Waals surface area contributed by atoms with Gasteiger partial charge in [-0.3, -0.25) is 9.69 Å². The average Bonchev–Trinajstić information content (AvgIpc) is 3.21.